The van der Waals surface area contributed by atoms with Crippen LogP contribution < -0.4 is 4.74 Å². The monoisotopic (exact) mass is 485 g/mol. The third kappa shape index (κ3) is 4.86. The van der Waals surface area contributed by atoms with Crippen LogP contribution in [0.3, 0.4) is 0 Å². The van der Waals surface area contributed by atoms with Crippen molar-refractivity contribution in [3.05, 3.63) is 106 Å². The maximum absolute atomic E-state index is 13.2. The molecule has 7 heteroatoms. The van der Waals surface area contributed by atoms with Crippen LogP contribution in [0, 0.1) is 6.92 Å². The van der Waals surface area contributed by atoms with Crippen molar-refractivity contribution >= 4 is 23.4 Å². The van der Waals surface area contributed by atoms with Crippen LogP contribution in [-0.2, 0) is 16.1 Å². The minimum atomic E-state index is -1.05. The third-order valence-corrected chi connectivity index (χ3v) is 6.02. The predicted octanol–water partition coefficient (Wildman–Crippen LogP) is 5.10. The molecule has 1 unspecified atom stereocenters. The number of ketones is 1. The van der Waals surface area contributed by atoms with Crippen LogP contribution in [0.15, 0.2) is 78.4 Å². The molecule has 0 radical (unpaired) electrons. The first-order valence-corrected chi connectivity index (χ1v) is 11.6. The van der Waals surface area contributed by atoms with E-state index in [9.17, 15) is 19.5 Å². The minimum absolute atomic E-state index is 0.00489. The topological polar surface area (TPSA) is 104 Å². The Morgan fingerprint density at radius 3 is 2.17 bits per heavy atom. The number of aromatic carboxylic acids is 1. The number of carboxylic acids is 1. The lowest BCUT2D eigenvalue weighted by molar-refractivity contribution is -0.140. The van der Waals surface area contributed by atoms with Gasteiger partial charge in [0.2, 0.25) is 0 Å². The van der Waals surface area contributed by atoms with Crippen LogP contribution >= 0.6 is 0 Å². The molecule has 1 heterocycles. The molecule has 0 aromatic heterocycles. The van der Waals surface area contributed by atoms with E-state index in [0.717, 1.165) is 5.56 Å². The Bertz CT molecular complexity index is 1340. The molecule has 184 valence electrons. The Hall–Kier alpha value is -4.39. The Balaban J connectivity index is 1.78. The van der Waals surface area contributed by atoms with Gasteiger partial charge < -0.3 is 19.8 Å². The third-order valence-electron chi connectivity index (χ3n) is 6.02. The molecule has 36 heavy (non-hydrogen) atoms. The van der Waals surface area contributed by atoms with Gasteiger partial charge in [0, 0.05) is 12.1 Å². The lowest BCUT2D eigenvalue weighted by Gasteiger charge is -2.25. The number of carbonyl (C=O) groups excluding carboxylic acids is 2. The summed E-state index contributed by atoms with van der Waals surface area (Å²) in [6.07, 6.45) is -0.0175. The van der Waals surface area contributed by atoms with Crippen LogP contribution in [0.2, 0.25) is 0 Å². The number of amides is 1. The number of hydrogen-bond donors (Lipinski definition) is 2. The molecule has 1 saturated heterocycles. The number of ether oxygens (including phenoxy) is 1. The molecular formula is C29H27NO6. The number of hydrogen-bond acceptors (Lipinski definition) is 5. The van der Waals surface area contributed by atoms with Crippen molar-refractivity contribution in [2.75, 3.05) is 0 Å². The van der Waals surface area contributed by atoms with Gasteiger partial charge in [-0.05, 0) is 67.8 Å². The normalized spacial score (nSPS) is 17.0. The van der Waals surface area contributed by atoms with Crippen molar-refractivity contribution in [3.8, 4) is 5.75 Å². The highest BCUT2D eigenvalue weighted by Gasteiger charge is 2.46. The molecule has 0 bridgehead atoms. The van der Waals surface area contributed by atoms with E-state index in [0.29, 0.717) is 22.4 Å². The van der Waals surface area contributed by atoms with E-state index in [1.165, 1.54) is 17.0 Å². The average Bonchev–Trinajstić information content (AvgIpc) is 3.10. The van der Waals surface area contributed by atoms with Crippen molar-refractivity contribution in [1.29, 1.82) is 0 Å². The average molecular weight is 486 g/mol. The van der Waals surface area contributed by atoms with Gasteiger partial charge in [-0.3, -0.25) is 9.59 Å². The van der Waals surface area contributed by atoms with E-state index < -0.39 is 23.7 Å². The minimum Gasteiger partial charge on any atom is -0.507 e. The molecular weight excluding hydrogens is 458 g/mol. The summed E-state index contributed by atoms with van der Waals surface area (Å²) in [6, 6.07) is 19.5. The maximum Gasteiger partial charge on any atom is 0.335 e. The first-order valence-electron chi connectivity index (χ1n) is 11.6. The van der Waals surface area contributed by atoms with Gasteiger partial charge in [-0.25, -0.2) is 4.79 Å². The van der Waals surface area contributed by atoms with Crippen LogP contribution in [0.1, 0.15) is 52.5 Å². The number of aliphatic hydroxyl groups is 1. The summed E-state index contributed by atoms with van der Waals surface area (Å²) in [4.78, 5) is 39.0. The molecule has 1 amide bonds. The summed E-state index contributed by atoms with van der Waals surface area (Å²) >= 11 is 0. The summed E-state index contributed by atoms with van der Waals surface area (Å²) < 4.78 is 5.78. The highest BCUT2D eigenvalue weighted by molar-refractivity contribution is 6.46. The number of aliphatic hydroxyl groups excluding tert-OH is 1. The number of aryl methyl sites for hydroxylation is 1. The molecule has 4 rings (SSSR count). The molecule has 0 spiro atoms. The molecule has 1 aliphatic rings. The molecule has 7 nitrogen and oxygen atoms in total. The van der Waals surface area contributed by atoms with Gasteiger partial charge in [0.1, 0.15) is 11.5 Å². The standard InChI is InChI=1S/C29H27NO6/c1-17(2)36-23-14-13-22(15-18(23)3)26(31)24-25(20-7-5-4-6-8-20)30(28(33)27(24)32)16-19-9-11-21(12-10-19)29(34)35/h4-15,17,25,31H,16H2,1-3H3,(H,34,35)/b26-24-. The highest BCUT2D eigenvalue weighted by atomic mass is 16.5. The summed E-state index contributed by atoms with van der Waals surface area (Å²) in [7, 11) is 0. The van der Waals surface area contributed by atoms with E-state index in [2.05, 4.69) is 0 Å². The van der Waals surface area contributed by atoms with Crippen LogP contribution in [0.5, 0.6) is 5.75 Å². The number of rotatable bonds is 7. The van der Waals surface area contributed by atoms with Gasteiger partial charge >= 0.3 is 5.97 Å². The largest absolute Gasteiger partial charge is 0.507 e. The van der Waals surface area contributed by atoms with E-state index in [1.54, 1.807) is 54.6 Å². The molecule has 3 aromatic carbocycles. The fourth-order valence-corrected chi connectivity index (χ4v) is 4.31. The maximum atomic E-state index is 13.2. The lowest BCUT2D eigenvalue weighted by atomic mass is 9.94. The molecule has 1 aliphatic heterocycles. The van der Waals surface area contributed by atoms with E-state index in [1.807, 2.05) is 26.8 Å². The predicted molar refractivity (Wildman–Crippen MR) is 135 cm³/mol. The summed E-state index contributed by atoms with van der Waals surface area (Å²) in [6.45, 7) is 5.76. The first kappa shape index (κ1) is 24.7. The molecule has 0 aliphatic carbocycles. The van der Waals surface area contributed by atoms with Gasteiger partial charge in [-0.15, -0.1) is 0 Å². The van der Waals surface area contributed by atoms with E-state index in [-0.39, 0.29) is 29.5 Å². The van der Waals surface area contributed by atoms with Gasteiger partial charge in [0.15, 0.2) is 0 Å². The smallest absolute Gasteiger partial charge is 0.335 e. The van der Waals surface area contributed by atoms with E-state index >= 15 is 0 Å². The van der Waals surface area contributed by atoms with Crippen molar-refractivity contribution in [1.82, 2.24) is 4.90 Å². The van der Waals surface area contributed by atoms with Gasteiger partial charge in [-0.1, -0.05) is 42.5 Å². The molecule has 2 N–H and O–H groups in total. The zero-order valence-corrected chi connectivity index (χ0v) is 20.3. The lowest BCUT2D eigenvalue weighted by Crippen LogP contribution is -2.29. The second-order valence-electron chi connectivity index (χ2n) is 8.99. The Morgan fingerprint density at radius 1 is 0.944 bits per heavy atom. The van der Waals surface area contributed by atoms with Gasteiger partial charge in [0.25, 0.3) is 11.7 Å². The number of Topliss-reactive ketones (excluding diaryl/α,β-unsaturated/α-hetero) is 1. The number of benzene rings is 3. The van der Waals surface area contributed by atoms with Crippen molar-refractivity contribution in [2.24, 2.45) is 0 Å². The molecule has 0 saturated carbocycles. The Labute approximate surface area is 209 Å². The first-order chi connectivity index (χ1) is 17.2. The van der Waals surface area contributed by atoms with Gasteiger partial charge in [0.05, 0.1) is 23.3 Å². The number of carbonyl (C=O) groups is 3. The fourth-order valence-electron chi connectivity index (χ4n) is 4.31. The quantitative estimate of drug-likeness (QED) is 0.274. The summed E-state index contributed by atoms with van der Waals surface area (Å²) in [5, 5.41) is 20.5. The van der Waals surface area contributed by atoms with Crippen LogP contribution in [-0.4, -0.2) is 38.9 Å². The van der Waals surface area contributed by atoms with Crippen molar-refractivity contribution in [2.45, 2.75) is 39.5 Å². The highest BCUT2D eigenvalue weighted by Crippen LogP contribution is 2.40. The van der Waals surface area contributed by atoms with Crippen molar-refractivity contribution in [3.63, 3.8) is 0 Å². The fraction of sp³-hybridized carbons (Fsp3) is 0.207. The number of nitrogens with zero attached hydrogens (tertiary/aromatic N) is 1. The van der Waals surface area contributed by atoms with Crippen molar-refractivity contribution < 1.29 is 29.3 Å². The Morgan fingerprint density at radius 2 is 1.58 bits per heavy atom. The SMILES string of the molecule is Cc1cc(/C(O)=C2/C(=O)C(=O)N(Cc3ccc(C(=O)O)cc3)C2c2ccccc2)ccc1OC(C)C. The van der Waals surface area contributed by atoms with Gasteiger partial charge in [-0.2, -0.15) is 0 Å². The Kier molecular flexibility index (Phi) is 6.92. The molecule has 3 aromatic rings. The second kappa shape index (κ2) is 10.1. The number of likely N-dealkylation sites (tertiary alicyclic amines) is 1. The second-order valence-corrected chi connectivity index (χ2v) is 8.99. The molecule has 1 fully saturated rings. The zero-order valence-electron chi connectivity index (χ0n) is 20.3. The summed E-state index contributed by atoms with van der Waals surface area (Å²) in [5.74, 6) is -2.14. The summed E-state index contributed by atoms with van der Waals surface area (Å²) in [5.41, 5.74) is 2.67. The zero-order chi connectivity index (χ0) is 26.0. The van der Waals surface area contributed by atoms with Crippen LogP contribution in [0.25, 0.3) is 5.76 Å². The molecule has 1 atom stereocenters. The van der Waals surface area contributed by atoms with Crippen LogP contribution in [0.4, 0.5) is 0 Å². The van der Waals surface area contributed by atoms with E-state index in [4.69, 9.17) is 9.84 Å². The number of carboxylic acid groups (broad SMARTS) is 1.